The van der Waals surface area contributed by atoms with E-state index in [-0.39, 0.29) is 16.4 Å². The number of carbonyl (C=O) groups is 1. The average Bonchev–Trinajstić information content (AvgIpc) is 2.60. The van der Waals surface area contributed by atoms with Crippen LogP contribution in [0.2, 0.25) is 5.02 Å². The second-order valence-corrected chi connectivity index (χ2v) is 3.72. The van der Waals surface area contributed by atoms with Crippen LogP contribution < -0.4 is 11.5 Å². The predicted molar refractivity (Wildman–Crippen MR) is 61.5 cm³/mol. The molecule has 0 aliphatic carbocycles. The van der Waals surface area contributed by atoms with Gasteiger partial charge in [0.2, 0.25) is 0 Å². The topological polar surface area (TPSA) is 86.9 Å². The number of rotatable bonds is 2. The third-order valence-electron chi connectivity index (χ3n) is 2.21. The Kier molecular flexibility index (Phi) is 2.72. The van der Waals surface area contributed by atoms with Crippen molar-refractivity contribution >= 4 is 23.3 Å². The molecule has 7 heteroatoms. The van der Waals surface area contributed by atoms with Crippen LogP contribution in [0.15, 0.2) is 24.4 Å². The van der Waals surface area contributed by atoms with E-state index in [0.717, 1.165) is 6.07 Å². The highest BCUT2D eigenvalue weighted by Gasteiger charge is 2.15. The highest BCUT2D eigenvalue weighted by Crippen LogP contribution is 2.24. The standard InChI is InChI=1S/C10H8ClFN4O/c11-7-3-5(12)1-2-8(7)16-9(13)6(4-15-16)10(14)17/h1-4H,13H2,(H2,14,17). The Labute approximate surface area is 101 Å². The molecule has 1 aromatic carbocycles. The van der Waals surface area contributed by atoms with E-state index >= 15 is 0 Å². The minimum absolute atomic E-state index is 0.0611. The average molecular weight is 255 g/mol. The zero-order valence-corrected chi connectivity index (χ0v) is 9.28. The van der Waals surface area contributed by atoms with Crippen molar-refractivity contribution in [3.05, 3.63) is 40.8 Å². The maximum atomic E-state index is 12.9. The van der Waals surface area contributed by atoms with Gasteiger partial charge in [-0.15, -0.1) is 0 Å². The van der Waals surface area contributed by atoms with Crippen LogP contribution in [-0.2, 0) is 0 Å². The molecule has 0 atom stereocenters. The lowest BCUT2D eigenvalue weighted by atomic mass is 10.3. The first-order valence-electron chi connectivity index (χ1n) is 4.59. The van der Waals surface area contributed by atoms with Crippen molar-refractivity contribution in [1.82, 2.24) is 9.78 Å². The summed E-state index contributed by atoms with van der Waals surface area (Å²) in [7, 11) is 0. The van der Waals surface area contributed by atoms with Crippen LogP contribution in [0.5, 0.6) is 0 Å². The fourth-order valence-electron chi connectivity index (χ4n) is 1.39. The summed E-state index contributed by atoms with van der Waals surface area (Å²) in [5.41, 5.74) is 11.3. The molecule has 1 aromatic heterocycles. The predicted octanol–water partition coefficient (Wildman–Crippen LogP) is 1.35. The number of benzene rings is 1. The number of nitrogen functional groups attached to an aromatic ring is 1. The molecular formula is C10H8ClFN4O. The molecule has 0 aliphatic rings. The Morgan fingerprint density at radius 3 is 2.71 bits per heavy atom. The highest BCUT2D eigenvalue weighted by molar-refractivity contribution is 6.32. The Bertz CT molecular complexity index is 596. The van der Waals surface area contributed by atoms with Crippen LogP contribution in [-0.4, -0.2) is 15.7 Å². The number of nitrogens with two attached hydrogens (primary N) is 2. The van der Waals surface area contributed by atoms with Gasteiger partial charge in [-0.2, -0.15) is 5.10 Å². The van der Waals surface area contributed by atoms with Crippen LogP contribution in [0, 0.1) is 5.82 Å². The molecule has 17 heavy (non-hydrogen) atoms. The number of amides is 1. The molecule has 5 nitrogen and oxygen atoms in total. The van der Waals surface area contributed by atoms with Gasteiger partial charge in [0.1, 0.15) is 17.2 Å². The second kappa shape index (κ2) is 4.06. The van der Waals surface area contributed by atoms with Gasteiger partial charge in [0.05, 0.1) is 16.9 Å². The van der Waals surface area contributed by atoms with Gasteiger partial charge in [-0.25, -0.2) is 9.07 Å². The van der Waals surface area contributed by atoms with E-state index in [9.17, 15) is 9.18 Å². The van der Waals surface area contributed by atoms with E-state index in [2.05, 4.69) is 5.10 Å². The van der Waals surface area contributed by atoms with Crippen molar-refractivity contribution in [3.63, 3.8) is 0 Å². The first-order chi connectivity index (χ1) is 8.00. The summed E-state index contributed by atoms with van der Waals surface area (Å²) in [6, 6.07) is 3.75. The monoisotopic (exact) mass is 254 g/mol. The van der Waals surface area contributed by atoms with Crippen molar-refractivity contribution in [2.45, 2.75) is 0 Å². The van der Waals surface area contributed by atoms with Crippen molar-refractivity contribution in [1.29, 1.82) is 0 Å². The van der Waals surface area contributed by atoms with Gasteiger partial charge < -0.3 is 11.5 Å². The molecule has 1 heterocycles. The molecule has 0 spiro atoms. The number of halogens is 2. The SMILES string of the molecule is NC(=O)c1cnn(-c2ccc(F)cc2Cl)c1N. The summed E-state index contributed by atoms with van der Waals surface area (Å²) in [5, 5.41) is 4.02. The van der Waals surface area contributed by atoms with Crippen LogP contribution in [0.4, 0.5) is 10.2 Å². The molecule has 2 rings (SSSR count). The van der Waals surface area contributed by atoms with E-state index in [0.29, 0.717) is 5.69 Å². The quantitative estimate of drug-likeness (QED) is 0.848. The summed E-state index contributed by atoms with van der Waals surface area (Å²) in [6.45, 7) is 0. The maximum Gasteiger partial charge on any atom is 0.254 e. The van der Waals surface area contributed by atoms with Crippen molar-refractivity contribution in [2.75, 3.05) is 5.73 Å². The lowest BCUT2D eigenvalue weighted by molar-refractivity contribution is 0.100. The molecule has 4 N–H and O–H groups in total. The molecule has 0 saturated heterocycles. The van der Waals surface area contributed by atoms with Crippen LogP contribution in [0.3, 0.4) is 0 Å². The number of hydrogen-bond donors (Lipinski definition) is 2. The molecule has 88 valence electrons. The summed E-state index contributed by atoms with van der Waals surface area (Å²) in [5.74, 6) is -1.10. The molecular weight excluding hydrogens is 247 g/mol. The van der Waals surface area contributed by atoms with Crippen molar-refractivity contribution in [3.8, 4) is 5.69 Å². The van der Waals surface area contributed by atoms with E-state index in [1.54, 1.807) is 0 Å². The number of anilines is 1. The third kappa shape index (κ3) is 1.94. The van der Waals surface area contributed by atoms with Crippen LogP contribution >= 0.6 is 11.6 Å². The minimum Gasteiger partial charge on any atom is -0.383 e. The van der Waals surface area contributed by atoms with Crippen LogP contribution in [0.25, 0.3) is 5.69 Å². The first kappa shape index (κ1) is 11.4. The molecule has 0 saturated carbocycles. The zero-order chi connectivity index (χ0) is 12.6. The largest absolute Gasteiger partial charge is 0.383 e. The van der Waals surface area contributed by atoms with Gasteiger partial charge in [-0.3, -0.25) is 4.79 Å². The summed E-state index contributed by atoms with van der Waals surface area (Å²) >= 11 is 5.85. The Morgan fingerprint density at radius 1 is 1.47 bits per heavy atom. The van der Waals surface area contributed by atoms with Gasteiger partial charge in [-0.05, 0) is 18.2 Å². The number of aromatic nitrogens is 2. The van der Waals surface area contributed by atoms with Crippen LogP contribution in [0.1, 0.15) is 10.4 Å². The zero-order valence-electron chi connectivity index (χ0n) is 8.52. The summed E-state index contributed by atoms with van der Waals surface area (Å²) in [4.78, 5) is 11.0. The summed E-state index contributed by atoms with van der Waals surface area (Å²) in [6.07, 6.45) is 1.23. The fourth-order valence-corrected chi connectivity index (χ4v) is 1.64. The Morgan fingerprint density at radius 2 is 2.18 bits per heavy atom. The molecule has 0 unspecified atom stereocenters. The second-order valence-electron chi connectivity index (χ2n) is 3.32. The van der Waals surface area contributed by atoms with Gasteiger partial charge >= 0.3 is 0 Å². The van der Waals surface area contributed by atoms with Gasteiger partial charge in [-0.1, -0.05) is 11.6 Å². The molecule has 0 radical (unpaired) electrons. The number of hydrogen-bond acceptors (Lipinski definition) is 3. The van der Waals surface area contributed by atoms with E-state index in [1.165, 1.54) is 23.0 Å². The van der Waals surface area contributed by atoms with E-state index in [4.69, 9.17) is 23.1 Å². The van der Waals surface area contributed by atoms with Crippen molar-refractivity contribution < 1.29 is 9.18 Å². The fraction of sp³-hybridized carbons (Fsp3) is 0. The van der Waals surface area contributed by atoms with Gasteiger partial charge in [0.15, 0.2) is 0 Å². The van der Waals surface area contributed by atoms with Gasteiger partial charge in [0.25, 0.3) is 5.91 Å². The third-order valence-corrected chi connectivity index (χ3v) is 2.51. The normalized spacial score (nSPS) is 10.5. The Balaban J connectivity index is 2.57. The number of nitrogens with zero attached hydrogens (tertiary/aromatic N) is 2. The number of primary amides is 1. The molecule has 0 aliphatic heterocycles. The Hall–Kier alpha value is -2.08. The first-order valence-corrected chi connectivity index (χ1v) is 4.97. The minimum atomic E-state index is -0.688. The van der Waals surface area contributed by atoms with E-state index in [1.807, 2.05) is 0 Å². The molecule has 2 aromatic rings. The number of carbonyl (C=O) groups excluding carboxylic acids is 1. The molecule has 0 fully saturated rings. The van der Waals surface area contributed by atoms with Crippen molar-refractivity contribution in [2.24, 2.45) is 5.73 Å². The van der Waals surface area contributed by atoms with E-state index < -0.39 is 11.7 Å². The van der Waals surface area contributed by atoms with Gasteiger partial charge in [0, 0.05) is 0 Å². The summed E-state index contributed by atoms with van der Waals surface area (Å²) < 4.78 is 14.1. The lowest BCUT2D eigenvalue weighted by Crippen LogP contribution is -2.13. The lowest BCUT2D eigenvalue weighted by Gasteiger charge is -2.06. The maximum absolute atomic E-state index is 12.9. The smallest absolute Gasteiger partial charge is 0.254 e. The molecule has 0 bridgehead atoms. The highest BCUT2D eigenvalue weighted by atomic mass is 35.5. The molecule has 1 amide bonds.